The zero-order valence-electron chi connectivity index (χ0n) is 14.7. The van der Waals surface area contributed by atoms with Gasteiger partial charge in [0, 0.05) is 11.6 Å². The number of nitrogens with one attached hydrogen (secondary N) is 2. The van der Waals surface area contributed by atoms with E-state index in [1.165, 1.54) is 6.07 Å². The first kappa shape index (κ1) is 20.8. The fourth-order valence-corrected chi connectivity index (χ4v) is 2.89. The van der Waals surface area contributed by atoms with Crippen LogP contribution in [0.4, 0.5) is 11.4 Å². The monoisotopic (exact) mass is 451 g/mol. The molecule has 0 saturated heterocycles. The molecule has 7 nitrogen and oxygen atoms in total. The van der Waals surface area contributed by atoms with E-state index < -0.39 is 10.8 Å². The molecule has 0 bridgehead atoms. The van der Waals surface area contributed by atoms with Gasteiger partial charge in [0.05, 0.1) is 16.0 Å². The van der Waals surface area contributed by atoms with Crippen molar-refractivity contribution < 1.29 is 14.5 Å². The molecule has 0 spiro atoms. The second-order valence-electron chi connectivity index (χ2n) is 5.68. The number of rotatable bonds is 6. The molecule has 0 aliphatic heterocycles. The molecule has 2 N–H and O–H groups in total. The van der Waals surface area contributed by atoms with E-state index >= 15 is 0 Å². The quantitative estimate of drug-likeness (QED) is 0.379. The average molecular weight is 452 g/mol. The van der Waals surface area contributed by atoms with Crippen molar-refractivity contribution in [1.29, 1.82) is 0 Å². The fraction of sp³-hybridized carbons (Fsp3) is 0.222. The Bertz CT molecular complexity index is 889. The maximum atomic E-state index is 12.4. The number of amides is 1. The van der Waals surface area contributed by atoms with Crippen molar-refractivity contribution in [1.82, 2.24) is 5.32 Å². The first-order chi connectivity index (χ1) is 12.8. The summed E-state index contributed by atoms with van der Waals surface area (Å²) in [6.45, 7) is 4.33. The maximum absolute atomic E-state index is 12.4. The van der Waals surface area contributed by atoms with Gasteiger partial charge in [-0.2, -0.15) is 0 Å². The molecule has 1 amide bonds. The van der Waals surface area contributed by atoms with Crippen molar-refractivity contribution in [3.63, 3.8) is 0 Å². The van der Waals surface area contributed by atoms with Gasteiger partial charge in [-0.15, -0.1) is 0 Å². The molecule has 0 unspecified atom stereocenters. The van der Waals surface area contributed by atoms with E-state index in [-0.39, 0.29) is 16.5 Å². The van der Waals surface area contributed by atoms with Gasteiger partial charge in [-0.05, 0) is 71.3 Å². The van der Waals surface area contributed by atoms with Gasteiger partial charge in [0.25, 0.3) is 11.6 Å². The minimum Gasteiger partial charge on any atom is -0.492 e. The van der Waals surface area contributed by atoms with Gasteiger partial charge in [-0.1, -0.05) is 13.0 Å². The highest BCUT2D eigenvalue weighted by atomic mass is 79.9. The number of aryl methyl sites for hydroxylation is 1. The van der Waals surface area contributed by atoms with Crippen molar-refractivity contribution in [2.75, 3.05) is 11.9 Å². The van der Waals surface area contributed by atoms with Crippen LogP contribution < -0.4 is 15.4 Å². The molecule has 142 valence electrons. The number of anilines is 1. The molecule has 0 aromatic heterocycles. The zero-order valence-corrected chi connectivity index (χ0v) is 17.1. The highest BCUT2D eigenvalue weighted by molar-refractivity contribution is 9.10. The maximum Gasteiger partial charge on any atom is 0.292 e. The average Bonchev–Trinajstić information content (AvgIpc) is 2.61. The van der Waals surface area contributed by atoms with Crippen LogP contribution in [0.2, 0.25) is 0 Å². The summed E-state index contributed by atoms with van der Waals surface area (Å²) in [7, 11) is 0. The Balaban J connectivity index is 2.07. The molecule has 2 aromatic carbocycles. The lowest BCUT2D eigenvalue weighted by molar-refractivity contribution is -0.383. The van der Waals surface area contributed by atoms with E-state index in [4.69, 9.17) is 17.0 Å². The largest absolute Gasteiger partial charge is 0.492 e. The molecule has 0 atom stereocenters. The number of halogens is 1. The number of benzene rings is 2. The normalized spacial score (nSPS) is 10.2. The van der Waals surface area contributed by atoms with Gasteiger partial charge in [0.15, 0.2) is 5.11 Å². The van der Waals surface area contributed by atoms with Crippen LogP contribution in [0.5, 0.6) is 5.75 Å². The molecule has 0 fully saturated rings. The molecule has 0 aliphatic carbocycles. The predicted molar refractivity (Wildman–Crippen MR) is 111 cm³/mol. The lowest BCUT2D eigenvalue weighted by Gasteiger charge is -2.12. The lowest BCUT2D eigenvalue weighted by atomic mass is 10.2. The van der Waals surface area contributed by atoms with E-state index in [1.807, 2.05) is 6.92 Å². The SMILES string of the molecule is CCCOc1ccc(C(=O)NC(=S)Nc2ccc(C)cc2[N+](=O)[O-])cc1Br. The minimum atomic E-state index is -0.508. The highest BCUT2D eigenvalue weighted by Gasteiger charge is 2.16. The molecule has 0 aliphatic rings. The summed E-state index contributed by atoms with van der Waals surface area (Å²) in [6, 6.07) is 9.61. The second-order valence-corrected chi connectivity index (χ2v) is 6.94. The molecular formula is C18H18BrN3O4S. The van der Waals surface area contributed by atoms with Gasteiger partial charge in [-0.25, -0.2) is 0 Å². The predicted octanol–water partition coefficient (Wildman–Crippen LogP) is 4.58. The molecule has 0 radical (unpaired) electrons. The highest BCUT2D eigenvalue weighted by Crippen LogP contribution is 2.27. The van der Waals surface area contributed by atoms with E-state index in [0.717, 1.165) is 12.0 Å². The first-order valence-corrected chi connectivity index (χ1v) is 9.31. The summed E-state index contributed by atoms with van der Waals surface area (Å²) < 4.78 is 6.20. The third kappa shape index (κ3) is 5.73. The molecular weight excluding hydrogens is 434 g/mol. The molecule has 2 aromatic rings. The number of nitro groups is 1. The summed E-state index contributed by atoms with van der Waals surface area (Å²) in [5, 5.41) is 16.3. The second kappa shape index (κ2) is 9.43. The van der Waals surface area contributed by atoms with Crippen molar-refractivity contribution in [3.05, 3.63) is 62.1 Å². The zero-order chi connectivity index (χ0) is 20.0. The number of nitro benzene ring substituents is 1. The van der Waals surface area contributed by atoms with Crippen molar-refractivity contribution >= 4 is 50.5 Å². The third-order valence-electron chi connectivity index (χ3n) is 3.48. The van der Waals surface area contributed by atoms with Gasteiger partial charge in [0.2, 0.25) is 0 Å². The Kier molecular flexibility index (Phi) is 7.26. The number of hydrogen-bond donors (Lipinski definition) is 2. The third-order valence-corrected chi connectivity index (χ3v) is 4.30. The molecule has 9 heteroatoms. The topological polar surface area (TPSA) is 93.5 Å². The molecule has 0 saturated carbocycles. The van der Waals surface area contributed by atoms with Crippen LogP contribution in [0, 0.1) is 17.0 Å². The number of carbonyl (C=O) groups is 1. The number of ether oxygens (including phenoxy) is 1. The van der Waals surface area contributed by atoms with Gasteiger partial charge in [0.1, 0.15) is 11.4 Å². The number of nitrogens with zero attached hydrogens (tertiary/aromatic N) is 1. The van der Waals surface area contributed by atoms with E-state index in [9.17, 15) is 14.9 Å². The van der Waals surface area contributed by atoms with Crippen molar-refractivity contribution in [3.8, 4) is 5.75 Å². The van der Waals surface area contributed by atoms with Crippen LogP contribution >= 0.6 is 28.1 Å². The molecule has 2 rings (SSSR count). The van der Waals surface area contributed by atoms with E-state index in [1.54, 1.807) is 37.3 Å². The Morgan fingerprint density at radius 2 is 2.04 bits per heavy atom. The Morgan fingerprint density at radius 1 is 1.30 bits per heavy atom. The summed E-state index contributed by atoms with van der Waals surface area (Å²) in [6.07, 6.45) is 0.875. The standard InChI is InChI=1S/C18H18BrN3O4S/c1-3-8-26-16-7-5-12(10-13(16)19)17(23)21-18(27)20-14-6-4-11(2)9-15(14)22(24)25/h4-7,9-10H,3,8H2,1-2H3,(H2,20,21,23,27). The molecule has 0 heterocycles. The summed E-state index contributed by atoms with van der Waals surface area (Å²) in [5.41, 5.74) is 1.21. The van der Waals surface area contributed by atoms with E-state index in [0.29, 0.717) is 22.4 Å². The van der Waals surface area contributed by atoms with Crippen LogP contribution in [0.1, 0.15) is 29.3 Å². The van der Waals surface area contributed by atoms with Crippen LogP contribution in [0.25, 0.3) is 0 Å². The fourth-order valence-electron chi connectivity index (χ4n) is 2.20. The van der Waals surface area contributed by atoms with Crippen molar-refractivity contribution in [2.45, 2.75) is 20.3 Å². The Morgan fingerprint density at radius 3 is 2.67 bits per heavy atom. The van der Waals surface area contributed by atoms with Gasteiger partial charge < -0.3 is 10.1 Å². The summed E-state index contributed by atoms with van der Waals surface area (Å²) >= 11 is 8.47. The smallest absolute Gasteiger partial charge is 0.292 e. The van der Waals surface area contributed by atoms with Crippen LogP contribution in [-0.4, -0.2) is 22.5 Å². The van der Waals surface area contributed by atoms with Crippen LogP contribution in [0.3, 0.4) is 0 Å². The number of thiocarbonyl (C=S) groups is 1. The van der Waals surface area contributed by atoms with Crippen molar-refractivity contribution in [2.24, 2.45) is 0 Å². The van der Waals surface area contributed by atoms with Gasteiger partial charge >= 0.3 is 0 Å². The Labute approximate surface area is 170 Å². The van der Waals surface area contributed by atoms with Gasteiger partial charge in [-0.3, -0.25) is 20.2 Å². The number of carbonyl (C=O) groups excluding carboxylic acids is 1. The van der Waals surface area contributed by atoms with E-state index in [2.05, 4.69) is 26.6 Å². The minimum absolute atomic E-state index is 0.0330. The Hall–Kier alpha value is -2.52. The van der Waals surface area contributed by atoms with Crippen LogP contribution in [0.15, 0.2) is 40.9 Å². The first-order valence-electron chi connectivity index (χ1n) is 8.11. The summed E-state index contributed by atoms with van der Waals surface area (Å²) in [4.78, 5) is 23.0. The summed E-state index contributed by atoms with van der Waals surface area (Å²) in [5.74, 6) is 0.203. The molecule has 27 heavy (non-hydrogen) atoms. The lowest BCUT2D eigenvalue weighted by Crippen LogP contribution is -2.34. The van der Waals surface area contributed by atoms with Crippen LogP contribution in [-0.2, 0) is 0 Å². The number of hydrogen-bond acceptors (Lipinski definition) is 5.